The van der Waals surface area contributed by atoms with Crippen LogP contribution in [0.5, 0.6) is 0 Å². The minimum absolute atomic E-state index is 0.00418. The minimum atomic E-state index is -0.282. The van der Waals surface area contributed by atoms with Crippen molar-refractivity contribution in [2.45, 2.75) is 124 Å². The molecule has 38 heavy (non-hydrogen) atoms. The van der Waals surface area contributed by atoms with E-state index in [0.717, 1.165) is 38.5 Å². The smallest absolute Gasteiger partial charge is 0.308 e. The summed E-state index contributed by atoms with van der Waals surface area (Å²) in [5.74, 6) is 2.52. The predicted octanol–water partition coefficient (Wildman–Crippen LogP) is 6.45. The maximum atomic E-state index is 12.5. The van der Waals surface area contributed by atoms with Crippen molar-refractivity contribution in [3.63, 3.8) is 0 Å². The van der Waals surface area contributed by atoms with Crippen molar-refractivity contribution >= 4 is 11.9 Å². The Morgan fingerprint density at radius 2 is 1.76 bits per heavy atom. The van der Waals surface area contributed by atoms with Gasteiger partial charge in [-0.3, -0.25) is 9.59 Å². The molecule has 9 unspecified atom stereocenters. The molecule has 214 valence electrons. The number of aliphatic hydroxyl groups excluding tert-OH is 1. The van der Waals surface area contributed by atoms with Crippen LogP contribution >= 0.6 is 0 Å². The second kappa shape index (κ2) is 11.9. The van der Waals surface area contributed by atoms with Crippen molar-refractivity contribution in [1.82, 2.24) is 0 Å². The fraction of sp³-hybridized carbons (Fsp3) is 0.906. The molecule has 0 aromatic rings. The van der Waals surface area contributed by atoms with E-state index in [1.165, 1.54) is 25.7 Å². The molecule has 0 aromatic carbocycles. The minimum Gasteiger partial charge on any atom is -0.465 e. The quantitative estimate of drug-likeness (QED) is 0.272. The number of esters is 2. The van der Waals surface area contributed by atoms with E-state index in [0.29, 0.717) is 41.9 Å². The lowest BCUT2D eigenvalue weighted by molar-refractivity contribution is -0.184. The molecule has 6 nitrogen and oxygen atoms in total. The molecule has 0 amide bonds. The Bertz CT molecular complexity index is 899. The van der Waals surface area contributed by atoms with Crippen LogP contribution < -0.4 is 0 Å². The van der Waals surface area contributed by atoms with Crippen LogP contribution in [0.2, 0.25) is 0 Å². The summed E-state index contributed by atoms with van der Waals surface area (Å²) in [7, 11) is 0. The molecule has 0 aliphatic heterocycles. The zero-order valence-corrected chi connectivity index (χ0v) is 24.4. The van der Waals surface area contributed by atoms with Crippen LogP contribution in [0.15, 0.2) is 0 Å². The maximum absolute atomic E-state index is 12.5. The number of rotatable bonds is 9. The van der Waals surface area contributed by atoms with E-state index in [4.69, 9.17) is 14.7 Å². The van der Waals surface area contributed by atoms with E-state index in [1.807, 2.05) is 19.9 Å². The lowest BCUT2D eigenvalue weighted by Crippen LogP contribution is -2.58. The zero-order chi connectivity index (χ0) is 27.7. The van der Waals surface area contributed by atoms with Gasteiger partial charge in [0, 0.05) is 6.42 Å². The van der Waals surface area contributed by atoms with Gasteiger partial charge in [-0.2, -0.15) is 5.26 Å². The van der Waals surface area contributed by atoms with Gasteiger partial charge in [-0.05, 0) is 111 Å². The van der Waals surface area contributed by atoms with Gasteiger partial charge in [0.15, 0.2) is 0 Å². The molecule has 6 heteroatoms. The number of hydrogen-bond acceptors (Lipinski definition) is 6. The third-order valence-electron chi connectivity index (χ3n) is 12.0. The van der Waals surface area contributed by atoms with Gasteiger partial charge in [0.2, 0.25) is 0 Å². The predicted molar refractivity (Wildman–Crippen MR) is 146 cm³/mol. The number of carbonyl (C=O) groups excluding carboxylic acids is 2. The molecule has 0 saturated heterocycles. The summed E-state index contributed by atoms with van der Waals surface area (Å²) in [5, 5.41) is 20.3. The van der Waals surface area contributed by atoms with Crippen LogP contribution in [-0.2, 0) is 19.1 Å². The first kappa shape index (κ1) is 29.4. The average molecular weight is 530 g/mol. The Kier molecular flexibility index (Phi) is 9.17. The first-order valence-corrected chi connectivity index (χ1v) is 15.5. The fourth-order valence-corrected chi connectivity index (χ4v) is 9.54. The van der Waals surface area contributed by atoms with Crippen LogP contribution in [0.25, 0.3) is 0 Å². The second-order valence-corrected chi connectivity index (χ2v) is 13.8. The lowest BCUT2D eigenvalue weighted by atomic mass is 9.43. The van der Waals surface area contributed by atoms with Gasteiger partial charge in [-0.1, -0.05) is 34.6 Å². The Hall–Kier alpha value is -1.61. The summed E-state index contributed by atoms with van der Waals surface area (Å²) in [5.41, 5.74) is 0.417. The highest BCUT2D eigenvalue weighted by Crippen LogP contribution is 2.68. The van der Waals surface area contributed by atoms with Crippen LogP contribution in [0.1, 0.15) is 112 Å². The summed E-state index contributed by atoms with van der Waals surface area (Å²) in [6, 6.07) is 2.01. The van der Waals surface area contributed by atoms with E-state index in [1.54, 1.807) is 0 Å². The van der Waals surface area contributed by atoms with Crippen LogP contribution in [0.4, 0.5) is 0 Å². The molecule has 4 aliphatic carbocycles. The fourth-order valence-electron chi connectivity index (χ4n) is 9.54. The SMILES string of the molecule is CCC(C)C(=O)OC1CC[C@@]2(C)C(C1)CC(O)C1C3CCC(C(C)CCC(=O)OCCC#N)[C@@]3(C)CCC12. The summed E-state index contributed by atoms with van der Waals surface area (Å²) in [6.07, 6.45) is 10.5. The van der Waals surface area contributed by atoms with Crippen LogP contribution in [-0.4, -0.2) is 35.9 Å². The highest BCUT2D eigenvalue weighted by Gasteiger charge is 2.63. The first-order chi connectivity index (χ1) is 18.0. The molecule has 1 N–H and O–H groups in total. The number of nitriles is 1. The van der Waals surface area contributed by atoms with Gasteiger partial charge in [0.1, 0.15) is 12.7 Å². The van der Waals surface area contributed by atoms with E-state index in [2.05, 4.69) is 20.8 Å². The van der Waals surface area contributed by atoms with Crippen molar-refractivity contribution < 1.29 is 24.2 Å². The summed E-state index contributed by atoms with van der Waals surface area (Å²) in [6.45, 7) is 11.4. The molecule has 0 bridgehead atoms. The van der Waals surface area contributed by atoms with Crippen LogP contribution in [0, 0.1) is 63.6 Å². The molecule has 0 heterocycles. The lowest BCUT2D eigenvalue weighted by Gasteiger charge is -2.62. The number of ether oxygens (including phenoxy) is 2. The third kappa shape index (κ3) is 5.51. The number of fused-ring (bicyclic) bond motifs is 5. The molecule has 11 atom stereocenters. The van der Waals surface area contributed by atoms with Gasteiger partial charge in [0.05, 0.1) is 24.5 Å². The largest absolute Gasteiger partial charge is 0.465 e. The Morgan fingerprint density at radius 1 is 1.05 bits per heavy atom. The van der Waals surface area contributed by atoms with Crippen molar-refractivity contribution in [1.29, 1.82) is 5.26 Å². The molecular weight excluding hydrogens is 478 g/mol. The number of hydrogen-bond donors (Lipinski definition) is 1. The van der Waals surface area contributed by atoms with Crippen LogP contribution in [0.3, 0.4) is 0 Å². The molecule has 0 spiro atoms. The zero-order valence-electron chi connectivity index (χ0n) is 24.4. The molecule has 4 fully saturated rings. The molecule has 4 rings (SSSR count). The summed E-state index contributed by atoms with van der Waals surface area (Å²) in [4.78, 5) is 24.6. The second-order valence-electron chi connectivity index (χ2n) is 13.8. The van der Waals surface area contributed by atoms with Gasteiger partial charge >= 0.3 is 11.9 Å². The highest BCUT2D eigenvalue weighted by molar-refractivity contribution is 5.72. The summed E-state index contributed by atoms with van der Waals surface area (Å²) >= 11 is 0. The number of nitrogens with zero attached hydrogens (tertiary/aromatic N) is 1. The molecule has 4 aliphatic rings. The third-order valence-corrected chi connectivity index (χ3v) is 12.0. The van der Waals surface area contributed by atoms with Crippen molar-refractivity contribution in [3.05, 3.63) is 0 Å². The first-order valence-electron chi connectivity index (χ1n) is 15.5. The van der Waals surface area contributed by atoms with E-state index >= 15 is 0 Å². The average Bonchev–Trinajstić information content (AvgIpc) is 3.25. The topological polar surface area (TPSA) is 96.6 Å². The van der Waals surface area contributed by atoms with Gasteiger partial charge in [0.25, 0.3) is 0 Å². The number of aliphatic hydroxyl groups is 1. The summed E-state index contributed by atoms with van der Waals surface area (Å²) < 4.78 is 11.1. The Morgan fingerprint density at radius 3 is 2.47 bits per heavy atom. The molecule has 0 radical (unpaired) electrons. The molecule has 4 saturated carbocycles. The normalized spacial score (nSPS) is 41.6. The highest BCUT2D eigenvalue weighted by atomic mass is 16.5. The van der Waals surface area contributed by atoms with Crippen molar-refractivity contribution in [2.24, 2.45) is 52.3 Å². The Balaban J connectivity index is 1.40. The van der Waals surface area contributed by atoms with Gasteiger partial charge < -0.3 is 14.6 Å². The number of carbonyl (C=O) groups is 2. The molecule has 0 aromatic heterocycles. The van der Waals surface area contributed by atoms with E-state index < -0.39 is 0 Å². The van der Waals surface area contributed by atoms with Crippen molar-refractivity contribution in [2.75, 3.05) is 6.61 Å². The van der Waals surface area contributed by atoms with E-state index in [9.17, 15) is 14.7 Å². The van der Waals surface area contributed by atoms with E-state index in [-0.39, 0.29) is 53.9 Å². The van der Waals surface area contributed by atoms with Gasteiger partial charge in [-0.25, -0.2) is 0 Å². The monoisotopic (exact) mass is 529 g/mol. The molecular formula is C32H51NO5. The standard InChI is InChI=1S/C32H51NO5/c1-6-20(2)30(36)38-23-12-14-31(4)22(18-23)19-27(34)29-25-10-9-24(32(25,5)15-13-26(29)31)21(3)8-11-28(35)37-17-7-16-33/h20-27,29,34H,6-15,17-19H2,1-5H3/t20?,21?,22?,23?,24?,25?,26?,27?,29?,31-,32+/m0/s1. The maximum Gasteiger partial charge on any atom is 0.308 e. The van der Waals surface area contributed by atoms with Gasteiger partial charge in [-0.15, -0.1) is 0 Å². The van der Waals surface area contributed by atoms with Crippen molar-refractivity contribution in [3.8, 4) is 6.07 Å². The Labute approximate surface area is 230 Å².